The van der Waals surface area contributed by atoms with Crippen LogP contribution in [-0.4, -0.2) is 26.5 Å². The summed E-state index contributed by atoms with van der Waals surface area (Å²) in [5, 5.41) is 6.22. The van der Waals surface area contributed by atoms with Crippen LogP contribution in [0.2, 0.25) is 0 Å². The molecule has 2 atom stereocenters. The molecule has 0 saturated carbocycles. The Labute approximate surface area is 123 Å². The van der Waals surface area contributed by atoms with Crippen LogP contribution in [-0.2, 0) is 9.84 Å². The Morgan fingerprint density at radius 2 is 2.15 bits per heavy atom. The molecular formula is C15H19NO2S2. The highest BCUT2D eigenvalue weighted by Crippen LogP contribution is 2.35. The number of rotatable bonds is 3. The third kappa shape index (κ3) is 2.38. The average molecular weight is 309 g/mol. The molecule has 5 heteroatoms. The van der Waals surface area contributed by atoms with E-state index in [0.29, 0.717) is 5.75 Å². The van der Waals surface area contributed by atoms with Crippen LogP contribution in [0.5, 0.6) is 0 Å². The monoisotopic (exact) mass is 309 g/mol. The maximum atomic E-state index is 12.4. The van der Waals surface area contributed by atoms with Gasteiger partial charge in [0.1, 0.15) is 0 Å². The van der Waals surface area contributed by atoms with Crippen molar-refractivity contribution in [1.82, 2.24) is 5.32 Å². The third-order valence-electron chi connectivity index (χ3n) is 4.16. The van der Waals surface area contributed by atoms with Gasteiger partial charge in [0.15, 0.2) is 9.84 Å². The molecule has 108 valence electrons. The van der Waals surface area contributed by atoms with Gasteiger partial charge in [-0.15, -0.1) is 11.3 Å². The summed E-state index contributed by atoms with van der Waals surface area (Å²) in [6.45, 7) is 0. The normalized spacial score (nSPS) is 23.8. The number of thiophene rings is 1. The van der Waals surface area contributed by atoms with E-state index in [1.807, 2.05) is 13.1 Å². The summed E-state index contributed by atoms with van der Waals surface area (Å²) in [5.41, 5.74) is 1.12. The van der Waals surface area contributed by atoms with Crippen molar-refractivity contribution in [1.29, 1.82) is 0 Å². The molecule has 0 spiro atoms. The molecule has 3 rings (SSSR count). The van der Waals surface area contributed by atoms with Crippen LogP contribution in [0, 0.1) is 0 Å². The van der Waals surface area contributed by atoms with Gasteiger partial charge in [0.2, 0.25) is 0 Å². The second kappa shape index (κ2) is 5.47. The van der Waals surface area contributed by atoms with Gasteiger partial charge in [0.05, 0.1) is 17.0 Å². The quantitative estimate of drug-likeness (QED) is 0.947. The zero-order chi connectivity index (χ0) is 14.2. The first kappa shape index (κ1) is 14.0. The molecule has 20 heavy (non-hydrogen) atoms. The van der Waals surface area contributed by atoms with E-state index in [4.69, 9.17) is 0 Å². The summed E-state index contributed by atoms with van der Waals surface area (Å²) in [6, 6.07) is 8.14. The van der Waals surface area contributed by atoms with Crippen molar-refractivity contribution in [2.24, 2.45) is 0 Å². The number of fused-ring (bicyclic) bond motifs is 1. The van der Waals surface area contributed by atoms with E-state index in [1.54, 1.807) is 11.3 Å². The van der Waals surface area contributed by atoms with Gasteiger partial charge in [-0.3, -0.25) is 0 Å². The van der Waals surface area contributed by atoms with Gasteiger partial charge in [-0.2, -0.15) is 0 Å². The van der Waals surface area contributed by atoms with Gasteiger partial charge < -0.3 is 5.32 Å². The predicted molar refractivity (Wildman–Crippen MR) is 85.1 cm³/mol. The van der Waals surface area contributed by atoms with E-state index in [0.717, 1.165) is 24.8 Å². The van der Waals surface area contributed by atoms with Gasteiger partial charge in [0.25, 0.3) is 0 Å². The van der Waals surface area contributed by atoms with Crippen molar-refractivity contribution in [2.75, 3.05) is 12.8 Å². The number of hydrogen-bond donors (Lipinski definition) is 1. The largest absolute Gasteiger partial charge is 0.312 e. The van der Waals surface area contributed by atoms with E-state index >= 15 is 0 Å². The van der Waals surface area contributed by atoms with Crippen molar-refractivity contribution < 1.29 is 8.42 Å². The minimum absolute atomic E-state index is 0.109. The van der Waals surface area contributed by atoms with Gasteiger partial charge in [-0.25, -0.2) is 8.42 Å². The fourth-order valence-electron chi connectivity index (χ4n) is 3.16. The molecule has 0 bridgehead atoms. The Balaban J connectivity index is 2.07. The maximum Gasteiger partial charge on any atom is 0.155 e. The van der Waals surface area contributed by atoms with E-state index in [9.17, 15) is 8.42 Å². The molecule has 1 fully saturated rings. The molecular weight excluding hydrogens is 290 g/mol. The van der Waals surface area contributed by atoms with Crippen molar-refractivity contribution in [3.63, 3.8) is 0 Å². The number of nitrogens with one attached hydrogen (secondary N) is 1. The smallest absolute Gasteiger partial charge is 0.155 e. The Hall–Kier alpha value is -0.910. The minimum Gasteiger partial charge on any atom is -0.312 e. The van der Waals surface area contributed by atoms with Crippen molar-refractivity contribution in [2.45, 2.75) is 30.6 Å². The number of benzene rings is 1. The molecule has 1 aromatic heterocycles. The van der Waals surface area contributed by atoms with Crippen LogP contribution >= 0.6 is 11.3 Å². The molecule has 2 heterocycles. The van der Waals surface area contributed by atoms with Gasteiger partial charge >= 0.3 is 0 Å². The molecule has 1 aromatic carbocycles. The van der Waals surface area contributed by atoms with Gasteiger partial charge in [-0.1, -0.05) is 24.6 Å². The van der Waals surface area contributed by atoms with E-state index in [-0.39, 0.29) is 11.3 Å². The molecule has 1 aliphatic rings. The fraction of sp³-hybridized carbons (Fsp3) is 0.467. The topological polar surface area (TPSA) is 46.2 Å². The molecule has 2 aromatic rings. The zero-order valence-electron chi connectivity index (χ0n) is 11.5. The first-order chi connectivity index (χ1) is 9.63. The second-order valence-electron chi connectivity index (χ2n) is 5.35. The Bertz CT molecular complexity index is 705. The molecule has 0 aliphatic carbocycles. The van der Waals surface area contributed by atoms with Gasteiger partial charge in [-0.05, 0) is 42.3 Å². The lowest BCUT2D eigenvalue weighted by molar-refractivity contribution is 0.471. The van der Waals surface area contributed by atoms with Crippen molar-refractivity contribution in [3.8, 4) is 0 Å². The highest BCUT2D eigenvalue weighted by molar-refractivity contribution is 7.92. The molecule has 2 unspecified atom stereocenters. The molecule has 0 radical (unpaired) electrons. The lowest BCUT2D eigenvalue weighted by Gasteiger charge is -2.30. The lowest BCUT2D eigenvalue weighted by atomic mass is 9.98. The predicted octanol–water partition coefficient (Wildman–Crippen LogP) is 3.13. The SMILES string of the molecule is CNC(c1cccc2ccsc12)C1CCCCS1(=O)=O. The number of hydrogen-bond acceptors (Lipinski definition) is 4. The first-order valence-corrected chi connectivity index (χ1v) is 9.58. The summed E-state index contributed by atoms with van der Waals surface area (Å²) < 4.78 is 26.0. The van der Waals surface area contributed by atoms with E-state index in [1.165, 1.54) is 10.1 Å². The summed E-state index contributed by atoms with van der Waals surface area (Å²) in [7, 11) is -1.13. The van der Waals surface area contributed by atoms with E-state index in [2.05, 4.69) is 28.9 Å². The molecule has 0 amide bonds. The van der Waals surface area contributed by atoms with E-state index < -0.39 is 9.84 Å². The van der Waals surface area contributed by atoms with Crippen molar-refractivity contribution in [3.05, 3.63) is 35.2 Å². The first-order valence-electron chi connectivity index (χ1n) is 6.98. The maximum absolute atomic E-state index is 12.4. The van der Waals surface area contributed by atoms with Crippen LogP contribution in [0.25, 0.3) is 10.1 Å². The van der Waals surface area contributed by atoms with Crippen LogP contribution < -0.4 is 5.32 Å². The minimum atomic E-state index is -2.99. The summed E-state index contributed by atoms with van der Waals surface area (Å²) in [5.74, 6) is 0.330. The Morgan fingerprint density at radius 1 is 1.30 bits per heavy atom. The van der Waals surface area contributed by atoms with Crippen LogP contribution in [0.1, 0.15) is 30.9 Å². The molecule has 1 N–H and O–H groups in total. The summed E-state index contributed by atoms with van der Waals surface area (Å²) in [6.07, 6.45) is 2.57. The average Bonchev–Trinajstić information content (AvgIpc) is 2.90. The highest BCUT2D eigenvalue weighted by Gasteiger charge is 2.36. The third-order valence-corrected chi connectivity index (χ3v) is 7.42. The zero-order valence-corrected chi connectivity index (χ0v) is 13.1. The van der Waals surface area contributed by atoms with Crippen LogP contribution in [0.15, 0.2) is 29.6 Å². The highest BCUT2D eigenvalue weighted by atomic mass is 32.2. The van der Waals surface area contributed by atoms with Crippen LogP contribution in [0.3, 0.4) is 0 Å². The second-order valence-corrected chi connectivity index (χ2v) is 8.61. The molecule has 1 saturated heterocycles. The molecule has 3 nitrogen and oxygen atoms in total. The fourth-order valence-corrected chi connectivity index (χ4v) is 6.24. The Kier molecular flexibility index (Phi) is 3.84. The van der Waals surface area contributed by atoms with Crippen LogP contribution in [0.4, 0.5) is 0 Å². The van der Waals surface area contributed by atoms with Crippen molar-refractivity contribution >= 4 is 31.3 Å². The summed E-state index contributed by atoms with van der Waals surface area (Å²) >= 11 is 1.69. The Morgan fingerprint density at radius 3 is 2.90 bits per heavy atom. The number of sulfone groups is 1. The standard InChI is InChI=1S/C15H19NO2S2/c1-16-14(13-7-2-3-10-20(13,17)18)12-6-4-5-11-8-9-19-15(11)12/h4-6,8-9,13-14,16H,2-3,7,10H2,1H3. The van der Waals surface area contributed by atoms with Gasteiger partial charge in [0, 0.05) is 4.70 Å². The summed E-state index contributed by atoms with van der Waals surface area (Å²) in [4.78, 5) is 0. The molecule has 1 aliphatic heterocycles. The lowest BCUT2D eigenvalue weighted by Crippen LogP contribution is -2.39.